The predicted octanol–water partition coefficient (Wildman–Crippen LogP) is 39.8. The molecule has 0 N–H and O–H groups in total. The molecule has 0 aliphatic heterocycles. The first-order valence-corrected chi connectivity index (χ1v) is 51.8. The molecule has 0 saturated heterocycles. The maximum absolute atomic E-state index is 6.28. The number of benzene rings is 19. The Bertz CT molecular complexity index is 7230. The van der Waals surface area contributed by atoms with Crippen molar-refractivity contribution in [2.75, 3.05) is 0 Å². The fraction of sp³-hybridized carbons (Fsp3) is 0.231. The second kappa shape index (κ2) is 48.1. The second-order valence-electron chi connectivity index (χ2n) is 40.8. The first-order chi connectivity index (χ1) is 69.4. The fourth-order valence-corrected chi connectivity index (χ4v) is 19.4. The van der Waals surface area contributed by atoms with Crippen molar-refractivity contribution in [1.82, 2.24) is 0 Å². The largest absolute Gasteiger partial charge is 0.457 e. The summed E-state index contributed by atoms with van der Waals surface area (Å²) in [6.45, 7) is 64.7. The van der Waals surface area contributed by atoms with Gasteiger partial charge in [-0.15, -0.1) is 0 Å². The van der Waals surface area contributed by atoms with Gasteiger partial charge in [0.1, 0.15) is 23.0 Å². The van der Waals surface area contributed by atoms with E-state index in [4.69, 9.17) is 9.47 Å². The Balaban J connectivity index is 0.000000149. The number of hydrogen-bond acceptors (Lipinski definition) is 2. The smallest absolute Gasteiger partial charge is 0.127 e. The van der Waals surface area contributed by atoms with Crippen LogP contribution in [0, 0.1) is 194 Å². The van der Waals surface area contributed by atoms with Gasteiger partial charge >= 0.3 is 0 Å². The van der Waals surface area contributed by atoms with E-state index in [0.29, 0.717) is 0 Å². The summed E-state index contributed by atoms with van der Waals surface area (Å²) >= 11 is 0. The van der Waals surface area contributed by atoms with E-state index < -0.39 is 5.41 Å². The van der Waals surface area contributed by atoms with E-state index in [1.54, 1.807) is 0 Å². The minimum atomic E-state index is -0.481. The highest BCUT2D eigenvalue weighted by Crippen LogP contribution is 2.58. The summed E-state index contributed by atoms with van der Waals surface area (Å²) < 4.78 is 12.6. The highest BCUT2D eigenvalue weighted by molar-refractivity contribution is 5.91. The monoisotopic (exact) mass is 1900 g/mol. The lowest BCUT2D eigenvalue weighted by molar-refractivity contribution is 0.481. The summed E-state index contributed by atoms with van der Waals surface area (Å²) in [5, 5.41) is 5.51. The summed E-state index contributed by atoms with van der Waals surface area (Å²) in [5.74, 6) is 3.33. The lowest BCUT2D eigenvalue weighted by Crippen LogP contribution is -2.29. The molecule has 0 spiro atoms. The van der Waals surface area contributed by atoms with Gasteiger partial charge in [0.25, 0.3) is 0 Å². The first kappa shape index (κ1) is 108. The third-order valence-corrected chi connectivity index (χ3v) is 30.4. The predicted molar refractivity (Wildman–Crippen MR) is 628 cm³/mol. The molecule has 736 valence electrons. The van der Waals surface area contributed by atoms with Crippen molar-refractivity contribution in [2.24, 2.45) is 0 Å². The maximum Gasteiger partial charge on any atom is 0.127 e. The van der Waals surface area contributed by atoms with Crippen LogP contribution in [0.25, 0.3) is 54.9 Å². The lowest BCUT2D eigenvalue weighted by atomic mass is 9.67. The topological polar surface area (TPSA) is 18.5 Å². The van der Waals surface area contributed by atoms with E-state index in [1.807, 2.05) is 12.1 Å². The van der Waals surface area contributed by atoms with Crippen LogP contribution in [0.5, 0.6) is 23.0 Å². The third kappa shape index (κ3) is 24.7. The van der Waals surface area contributed by atoms with Crippen molar-refractivity contribution in [3.8, 4) is 56.4 Å². The van der Waals surface area contributed by atoms with Gasteiger partial charge in [-0.2, -0.15) is 0 Å². The normalized spacial score (nSPS) is 11.7. The van der Waals surface area contributed by atoms with E-state index in [0.717, 1.165) is 23.0 Å². The van der Waals surface area contributed by atoms with Gasteiger partial charge in [0.05, 0.1) is 10.8 Å². The lowest BCUT2D eigenvalue weighted by Gasteiger charge is -2.34. The molecule has 0 radical (unpaired) electrons. The van der Waals surface area contributed by atoms with Crippen molar-refractivity contribution < 1.29 is 9.47 Å². The summed E-state index contributed by atoms with van der Waals surface area (Å²) in [6.07, 6.45) is 1.25. The van der Waals surface area contributed by atoms with Crippen LogP contribution >= 0.6 is 0 Å². The van der Waals surface area contributed by atoms with Crippen molar-refractivity contribution >= 4 is 21.5 Å². The van der Waals surface area contributed by atoms with Crippen LogP contribution in [-0.2, 0) is 10.8 Å². The molecular weight excluding hydrogens is 1750 g/mol. The summed E-state index contributed by atoms with van der Waals surface area (Å²) in [5.41, 5.74) is 55.3. The van der Waals surface area contributed by atoms with Crippen LogP contribution in [0.4, 0.5) is 0 Å². The Hall–Kier alpha value is -14.7. The van der Waals surface area contributed by atoms with E-state index >= 15 is 0 Å². The summed E-state index contributed by atoms with van der Waals surface area (Å²) in [6, 6.07) is 132. The summed E-state index contributed by atoms with van der Waals surface area (Å²) in [7, 11) is 0. The Morgan fingerprint density at radius 2 is 0.359 bits per heavy atom. The van der Waals surface area contributed by atoms with Crippen molar-refractivity contribution in [1.29, 1.82) is 0 Å². The number of hydrogen-bond donors (Lipinski definition) is 0. The molecule has 2 aliphatic rings. The fourth-order valence-electron chi connectivity index (χ4n) is 19.4. The molecule has 0 heterocycles. The SMILES string of the molecule is CCC.Cc1cc(C)c(C)cc1C.Cc1cc2cc(C)c(C)cc2cc1C.Cc1ccc(-c2ccc(C)c(C)c2)cc1C.Cc1ccc(C2(c3ccc(C)c(C)c3)c3ccccc3-c3ccccc32)cc1C.Cc1ccc(Oc2ccc(C3(c4ccc(Oc5ccc(C)c(C)c5)cc4)c4ccccc4-c4ccccc43)cc2)cc1C.Cc1ccc2c(C)c(C)ccc2c1C.Cc1ccccc1C.Cc1ccccc1C. The molecule has 0 aromatic heterocycles. The first-order valence-electron chi connectivity index (χ1n) is 51.8. The molecule has 2 aliphatic carbocycles. The molecular formula is C143H152O2. The van der Waals surface area contributed by atoms with Crippen LogP contribution in [0.2, 0.25) is 0 Å². The molecule has 0 amide bonds. The zero-order valence-corrected chi connectivity index (χ0v) is 92.2. The summed E-state index contributed by atoms with van der Waals surface area (Å²) in [4.78, 5) is 0. The van der Waals surface area contributed by atoms with Crippen LogP contribution in [0.3, 0.4) is 0 Å². The third-order valence-electron chi connectivity index (χ3n) is 30.4. The van der Waals surface area contributed by atoms with Gasteiger partial charge in [-0.25, -0.2) is 0 Å². The maximum atomic E-state index is 6.28. The molecule has 0 unspecified atom stereocenters. The number of ether oxygens (including phenoxy) is 2. The van der Waals surface area contributed by atoms with Crippen LogP contribution in [0.15, 0.2) is 364 Å². The van der Waals surface area contributed by atoms with Gasteiger partial charge in [-0.05, 0) is 498 Å². The van der Waals surface area contributed by atoms with Gasteiger partial charge in [0.2, 0.25) is 0 Å². The quantitative estimate of drug-likeness (QED) is 0.143. The van der Waals surface area contributed by atoms with E-state index in [-0.39, 0.29) is 5.41 Å². The van der Waals surface area contributed by atoms with Crippen molar-refractivity contribution in [2.45, 2.75) is 225 Å². The molecule has 0 bridgehead atoms. The molecule has 0 fully saturated rings. The number of fused-ring (bicyclic) bond motifs is 8. The molecule has 19 aromatic carbocycles. The minimum Gasteiger partial charge on any atom is -0.457 e. The van der Waals surface area contributed by atoms with Gasteiger partial charge < -0.3 is 9.47 Å². The molecule has 0 atom stereocenters. The molecule has 19 aromatic rings. The second-order valence-corrected chi connectivity index (χ2v) is 40.8. The standard InChI is InChI=1S/C41H34O2.C29H26.C16H18.2C14H16.C10H14.2C8H10.C3H8/c1-27-13-19-35(25-29(27)3)42-33-21-15-31(16-22-33)41(39-11-7-5-9-37(39)38-10-6-8-12-40(38)41)32-17-23-34(24-18-32)43-36-20-14-28(2)30(4)26-36;1-19-13-15-23(17-21(19)3)29(24-16-14-20(2)22(4)18-24)27-11-7-5-9-25(27)26-10-6-8-12-28(26)29;1-11-5-7-15(9-13(11)3)16-8-6-12(2)14(4)10-16;1-9-5-13-7-11(3)12(4)8-14(13)6-10(9)2;1-9-5-7-14-12(4)10(2)6-8-13(14)11(9)3;1-7-5-9(3)10(4)6-8(7)2;2*1-7-5-3-4-6-8(7)2;1-3-2/h5-26H,1-4H3;5-18H,1-4H3;5-10H,1-4H3;2*5-8H,1-4H3;5-6H,1-4H3;2*3-6H,1-2H3;3H2,1-2H3. The molecule has 2 heteroatoms. The molecule has 145 heavy (non-hydrogen) atoms. The highest BCUT2D eigenvalue weighted by atomic mass is 16.5. The van der Waals surface area contributed by atoms with E-state index in [9.17, 15) is 0 Å². The van der Waals surface area contributed by atoms with E-state index in [2.05, 4.69) is 560 Å². The number of rotatable bonds is 9. The van der Waals surface area contributed by atoms with Crippen LogP contribution < -0.4 is 9.47 Å². The number of aryl methyl sites for hydroxylation is 28. The average Bonchev–Trinajstić information content (AvgIpc) is 1.55. The molecule has 2 nitrogen and oxygen atoms in total. The van der Waals surface area contributed by atoms with Crippen LogP contribution in [-0.4, -0.2) is 0 Å². The highest BCUT2D eigenvalue weighted by Gasteiger charge is 2.48. The Labute approximate surface area is 870 Å². The Kier molecular flexibility index (Phi) is 35.7. The average molecular weight is 1900 g/mol. The van der Waals surface area contributed by atoms with Gasteiger partial charge in [0.15, 0.2) is 0 Å². The Morgan fingerprint density at radius 1 is 0.159 bits per heavy atom. The van der Waals surface area contributed by atoms with Crippen molar-refractivity contribution in [3.05, 3.63) is 564 Å². The van der Waals surface area contributed by atoms with Gasteiger partial charge in [0, 0.05) is 0 Å². The minimum absolute atomic E-state index is 0.288. The van der Waals surface area contributed by atoms with Crippen molar-refractivity contribution in [3.63, 3.8) is 0 Å². The van der Waals surface area contributed by atoms with Gasteiger partial charge in [-0.1, -0.05) is 336 Å². The zero-order chi connectivity index (χ0) is 104. The molecule has 0 saturated carbocycles. The van der Waals surface area contributed by atoms with Gasteiger partial charge in [-0.3, -0.25) is 0 Å². The van der Waals surface area contributed by atoms with Crippen LogP contribution in [0.1, 0.15) is 221 Å². The van der Waals surface area contributed by atoms with E-state index in [1.165, 1.54) is 262 Å². The Morgan fingerprint density at radius 3 is 0.621 bits per heavy atom. The molecule has 21 rings (SSSR count). The zero-order valence-electron chi connectivity index (χ0n) is 92.2.